The number of fused-ring (bicyclic) bond motifs is 1. The molecular weight excluding hydrogens is 450 g/mol. The molecule has 10 nitrogen and oxygen atoms in total. The Morgan fingerprint density at radius 1 is 1.21 bits per heavy atom. The zero-order valence-corrected chi connectivity index (χ0v) is 18.8. The highest BCUT2D eigenvalue weighted by Gasteiger charge is 2.29. The first-order chi connectivity index (χ1) is 15.9. The molecule has 1 heterocycles. The quantitative estimate of drug-likeness (QED) is 0.480. The lowest BCUT2D eigenvalue weighted by molar-refractivity contribution is -0.386. The minimum Gasteiger partial charge on any atom is -0.477 e. The van der Waals surface area contributed by atoms with Crippen LogP contribution in [0.4, 0.5) is 5.69 Å². The van der Waals surface area contributed by atoms with Crippen LogP contribution in [0.5, 0.6) is 5.75 Å². The van der Waals surface area contributed by atoms with Gasteiger partial charge in [-0.25, -0.2) is 8.42 Å². The van der Waals surface area contributed by atoms with Crippen LogP contribution in [0.1, 0.15) is 30.0 Å². The van der Waals surface area contributed by atoms with Gasteiger partial charge in [0.1, 0.15) is 0 Å². The van der Waals surface area contributed by atoms with Crippen molar-refractivity contribution < 1.29 is 27.6 Å². The van der Waals surface area contributed by atoms with Crippen molar-refractivity contribution in [3.05, 3.63) is 63.7 Å². The number of carbonyl (C=O) groups is 1. The van der Waals surface area contributed by atoms with Gasteiger partial charge < -0.3 is 14.8 Å². The number of benzene rings is 2. The SMILES string of the molecule is O=C(COc1ccc(S(=O)(=O)N2CCOCC2)cc1[N+](=O)[O-])NC1CCCc2ccccc21. The molecule has 1 fully saturated rings. The minimum atomic E-state index is -3.90. The van der Waals surface area contributed by atoms with E-state index in [0.29, 0.717) is 0 Å². The van der Waals surface area contributed by atoms with Crippen molar-refractivity contribution in [3.8, 4) is 5.75 Å². The maximum atomic E-state index is 12.8. The molecule has 33 heavy (non-hydrogen) atoms. The topological polar surface area (TPSA) is 128 Å². The van der Waals surface area contributed by atoms with Crippen LogP contribution in [-0.4, -0.2) is 56.5 Å². The summed E-state index contributed by atoms with van der Waals surface area (Å²) in [5, 5.41) is 14.5. The van der Waals surface area contributed by atoms with E-state index in [1.165, 1.54) is 22.0 Å². The number of aryl methyl sites for hydroxylation is 1. The first kappa shape index (κ1) is 23.1. The molecule has 1 unspecified atom stereocenters. The normalized spacial score (nSPS) is 18.8. The Morgan fingerprint density at radius 3 is 2.73 bits per heavy atom. The molecular formula is C22H25N3O7S. The van der Waals surface area contributed by atoms with E-state index in [9.17, 15) is 23.3 Å². The average molecular weight is 476 g/mol. The van der Waals surface area contributed by atoms with Gasteiger partial charge in [-0.1, -0.05) is 24.3 Å². The summed E-state index contributed by atoms with van der Waals surface area (Å²) in [7, 11) is -3.90. The fourth-order valence-corrected chi connectivity index (χ4v) is 5.57. The molecule has 4 rings (SSSR count). The molecule has 2 aromatic carbocycles. The fourth-order valence-electron chi connectivity index (χ4n) is 4.14. The first-order valence-electron chi connectivity index (χ1n) is 10.7. The van der Waals surface area contributed by atoms with Crippen molar-refractivity contribution in [1.82, 2.24) is 9.62 Å². The van der Waals surface area contributed by atoms with Crippen molar-refractivity contribution in [2.75, 3.05) is 32.9 Å². The molecule has 2 aromatic rings. The summed E-state index contributed by atoms with van der Waals surface area (Å²) in [5.74, 6) is -0.573. The van der Waals surface area contributed by atoms with E-state index >= 15 is 0 Å². The molecule has 1 atom stereocenters. The highest BCUT2D eigenvalue weighted by molar-refractivity contribution is 7.89. The largest absolute Gasteiger partial charge is 0.477 e. The summed E-state index contributed by atoms with van der Waals surface area (Å²) in [4.78, 5) is 23.1. The number of nitro benzene ring substituents is 1. The standard InChI is InChI=1S/C22H25N3O7S/c26-22(23-19-7-3-5-16-4-1-2-6-18(16)19)15-32-21-9-8-17(14-20(21)25(27)28)33(29,30)24-10-12-31-13-11-24/h1-2,4,6,8-9,14,19H,3,5,7,10-13,15H2,(H,23,26). The number of ether oxygens (including phenoxy) is 2. The third-order valence-electron chi connectivity index (χ3n) is 5.80. The van der Waals surface area contributed by atoms with Crippen molar-refractivity contribution >= 4 is 21.6 Å². The van der Waals surface area contributed by atoms with Gasteiger partial charge in [-0.3, -0.25) is 14.9 Å². The van der Waals surface area contributed by atoms with Gasteiger partial charge in [-0.05, 0) is 42.5 Å². The Kier molecular flexibility index (Phi) is 6.91. The zero-order chi connectivity index (χ0) is 23.4. The summed E-state index contributed by atoms with van der Waals surface area (Å²) in [5.41, 5.74) is 1.75. The maximum absolute atomic E-state index is 12.8. The van der Waals surface area contributed by atoms with Crippen molar-refractivity contribution in [1.29, 1.82) is 0 Å². The molecule has 2 aliphatic rings. The lowest BCUT2D eigenvalue weighted by Crippen LogP contribution is -2.40. The van der Waals surface area contributed by atoms with E-state index in [1.54, 1.807) is 0 Å². The number of nitrogens with one attached hydrogen (secondary N) is 1. The molecule has 0 aromatic heterocycles. The van der Waals surface area contributed by atoms with E-state index in [0.717, 1.165) is 30.9 Å². The number of amides is 1. The van der Waals surface area contributed by atoms with Gasteiger partial charge in [0.2, 0.25) is 10.0 Å². The number of nitrogens with zero attached hydrogens (tertiary/aromatic N) is 2. The van der Waals surface area contributed by atoms with Crippen LogP contribution >= 0.6 is 0 Å². The van der Waals surface area contributed by atoms with Crippen LogP contribution in [0.3, 0.4) is 0 Å². The molecule has 1 aliphatic heterocycles. The van der Waals surface area contributed by atoms with Gasteiger partial charge in [0.25, 0.3) is 5.91 Å². The van der Waals surface area contributed by atoms with Gasteiger partial charge >= 0.3 is 5.69 Å². The number of morpholine rings is 1. The Labute approximate surface area is 191 Å². The van der Waals surface area contributed by atoms with E-state index in [-0.39, 0.29) is 43.0 Å². The number of hydrogen-bond acceptors (Lipinski definition) is 7. The first-order valence-corrected chi connectivity index (χ1v) is 12.2. The van der Waals surface area contributed by atoms with Crippen molar-refractivity contribution in [2.24, 2.45) is 0 Å². The molecule has 11 heteroatoms. The predicted molar refractivity (Wildman–Crippen MR) is 118 cm³/mol. The third kappa shape index (κ3) is 5.15. The molecule has 0 saturated carbocycles. The smallest absolute Gasteiger partial charge is 0.312 e. The molecule has 1 amide bonds. The number of rotatable bonds is 7. The summed E-state index contributed by atoms with van der Waals surface area (Å²) < 4.78 is 37.4. The van der Waals surface area contributed by atoms with Crippen LogP contribution < -0.4 is 10.1 Å². The predicted octanol–water partition coefficient (Wildman–Crippen LogP) is 2.19. The maximum Gasteiger partial charge on any atom is 0.312 e. The third-order valence-corrected chi connectivity index (χ3v) is 7.69. The Morgan fingerprint density at radius 2 is 1.97 bits per heavy atom. The van der Waals surface area contributed by atoms with E-state index in [2.05, 4.69) is 5.32 Å². The Balaban J connectivity index is 1.45. The zero-order valence-electron chi connectivity index (χ0n) is 17.9. The van der Waals surface area contributed by atoms with Crippen molar-refractivity contribution in [2.45, 2.75) is 30.2 Å². The molecule has 0 bridgehead atoms. The Hall–Kier alpha value is -3.02. The summed E-state index contributed by atoms with van der Waals surface area (Å²) in [6, 6.07) is 11.2. The molecule has 1 saturated heterocycles. The van der Waals surface area contributed by atoms with Crippen LogP contribution in [-0.2, 0) is 26.0 Å². The summed E-state index contributed by atoms with van der Waals surface area (Å²) in [6.45, 7) is 0.471. The monoisotopic (exact) mass is 475 g/mol. The van der Waals surface area contributed by atoms with Crippen LogP contribution in [0.2, 0.25) is 0 Å². The van der Waals surface area contributed by atoms with Crippen LogP contribution in [0.15, 0.2) is 47.4 Å². The Bertz CT molecular complexity index is 1150. The number of sulfonamides is 1. The summed E-state index contributed by atoms with van der Waals surface area (Å²) >= 11 is 0. The number of hydrogen-bond donors (Lipinski definition) is 1. The number of nitro groups is 1. The molecule has 0 spiro atoms. The fraction of sp³-hybridized carbons (Fsp3) is 0.409. The lowest BCUT2D eigenvalue weighted by atomic mass is 9.88. The average Bonchev–Trinajstić information content (AvgIpc) is 2.83. The molecule has 0 radical (unpaired) electrons. The van der Waals surface area contributed by atoms with Gasteiger partial charge in [0, 0.05) is 19.2 Å². The summed E-state index contributed by atoms with van der Waals surface area (Å²) in [6.07, 6.45) is 2.72. The lowest BCUT2D eigenvalue weighted by Gasteiger charge is -2.26. The molecule has 1 N–H and O–H groups in total. The molecule has 176 valence electrons. The highest BCUT2D eigenvalue weighted by atomic mass is 32.2. The van der Waals surface area contributed by atoms with Crippen LogP contribution in [0, 0.1) is 10.1 Å². The second-order valence-corrected chi connectivity index (χ2v) is 9.84. The number of carbonyl (C=O) groups excluding carboxylic acids is 1. The molecule has 1 aliphatic carbocycles. The van der Waals surface area contributed by atoms with Gasteiger partial charge in [0.05, 0.1) is 29.1 Å². The van der Waals surface area contributed by atoms with Crippen molar-refractivity contribution in [3.63, 3.8) is 0 Å². The van der Waals surface area contributed by atoms with E-state index in [4.69, 9.17) is 9.47 Å². The second-order valence-electron chi connectivity index (χ2n) is 7.90. The van der Waals surface area contributed by atoms with E-state index in [1.807, 2.05) is 24.3 Å². The van der Waals surface area contributed by atoms with Crippen LogP contribution in [0.25, 0.3) is 0 Å². The van der Waals surface area contributed by atoms with Gasteiger partial charge in [-0.2, -0.15) is 4.31 Å². The van der Waals surface area contributed by atoms with Gasteiger partial charge in [0.15, 0.2) is 12.4 Å². The second kappa shape index (κ2) is 9.86. The minimum absolute atomic E-state index is 0.137. The van der Waals surface area contributed by atoms with Gasteiger partial charge in [-0.15, -0.1) is 0 Å². The van der Waals surface area contributed by atoms with E-state index < -0.39 is 33.1 Å². The highest BCUT2D eigenvalue weighted by Crippen LogP contribution is 2.32.